The van der Waals surface area contributed by atoms with E-state index in [0.717, 1.165) is 11.1 Å². The molecule has 1 heterocycles. The highest BCUT2D eigenvalue weighted by Crippen LogP contribution is 2.11. The van der Waals surface area contributed by atoms with Gasteiger partial charge in [0.1, 0.15) is 6.54 Å². The number of amides is 1. The first-order valence-electron chi connectivity index (χ1n) is 9.12. The Labute approximate surface area is 162 Å². The number of rotatable bonds is 7. The fourth-order valence-corrected chi connectivity index (χ4v) is 3.05. The van der Waals surface area contributed by atoms with Crippen LogP contribution in [0.25, 0.3) is 11.0 Å². The third-order valence-corrected chi connectivity index (χ3v) is 4.57. The van der Waals surface area contributed by atoms with Gasteiger partial charge in [-0.3, -0.25) is 18.7 Å². The van der Waals surface area contributed by atoms with Crippen LogP contribution in [0, 0.1) is 0 Å². The summed E-state index contributed by atoms with van der Waals surface area (Å²) >= 11 is 0. The van der Waals surface area contributed by atoms with Crippen LogP contribution in [0.3, 0.4) is 0 Å². The molecule has 0 aliphatic rings. The van der Waals surface area contributed by atoms with Gasteiger partial charge in [0.15, 0.2) is 6.10 Å². The summed E-state index contributed by atoms with van der Waals surface area (Å²) in [4.78, 5) is 36.8. The largest absolute Gasteiger partial charge is 0.451 e. The molecule has 7 heteroatoms. The Kier molecular flexibility index (Phi) is 5.93. The number of hydrogen-bond donors (Lipinski definition) is 1. The minimum Gasteiger partial charge on any atom is -0.451 e. The molecule has 146 valence electrons. The van der Waals surface area contributed by atoms with Gasteiger partial charge >= 0.3 is 11.7 Å². The molecule has 7 nitrogen and oxygen atoms in total. The molecule has 1 aromatic heterocycles. The number of ether oxygens (including phenoxy) is 1. The van der Waals surface area contributed by atoms with Crippen molar-refractivity contribution < 1.29 is 14.3 Å². The summed E-state index contributed by atoms with van der Waals surface area (Å²) < 4.78 is 8.03. The normalized spacial score (nSPS) is 11.9. The number of carbonyl (C=O) groups excluding carboxylic acids is 2. The van der Waals surface area contributed by atoms with Gasteiger partial charge in [-0.1, -0.05) is 42.5 Å². The molecule has 0 bridgehead atoms. The van der Waals surface area contributed by atoms with Crippen molar-refractivity contribution in [3.05, 3.63) is 70.6 Å². The summed E-state index contributed by atoms with van der Waals surface area (Å²) in [6.45, 7) is 1.72. The van der Waals surface area contributed by atoms with E-state index < -0.39 is 12.1 Å². The Bertz CT molecular complexity index is 1040. The molecule has 1 amide bonds. The van der Waals surface area contributed by atoms with Crippen LogP contribution >= 0.6 is 0 Å². The summed E-state index contributed by atoms with van der Waals surface area (Å²) in [5.41, 5.74) is 2.18. The average Bonchev–Trinajstić information content (AvgIpc) is 2.94. The summed E-state index contributed by atoms with van der Waals surface area (Å²) in [5.74, 6) is -1.00. The van der Waals surface area contributed by atoms with Crippen LogP contribution < -0.4 is 11.0 Å². The molecule has 1 N–H and O–H groups in total. The lowest BCUT2D eigenvalue weighted by Gasteiger charge is -2.14. The molecule has 0 aliphatic carbocycles. The van der Waals surface area contributed by atoms with Crippen molar-refractivity contribution in [2.24, 2.45) is 7.05 Å². The number of nitrogens with one attached hydrogen (secondary N) is 1. The number of benzene rings is 2. The molecule has 3 rings (SSSR count). The van der Waals surface area contributed by atoms with E-state index in [0.29, 0.717) is 18.5 Å². The molecule has 1 atom stereocenters. The standard InChI is InChI=1S/C21H23N3O4/c1-15(20(26)22-13-12-16-8-4-3-5-9-16)28-19(25)14-24-18-11-7-6-10-17(18)23(2)21(24)27/h3-11,15H,12-14H2,1-2H3,(H,22,26). The van der Waals surface area contributed by atoms with Gasteiger partial charge in [0, 0.05) is 13.6 Å². The predicted octanol–water partition coefficient (Wildman–Crippen LogP) is 1.63. The fraction of sp³-hybridized carbons (Fsp3) is 0.286. The maximum atomic E-state index is 12.4. The Morgan fingerprint density at radius 3 is 2.39 bits per heavy atom. The van der Waals surface area contributed by atoms with Crippen LogP contribution in [-0.2, 0) is 34.3 Å². The lowest BCUT2D eigenvalue weighted by Crippen LogP contribution is -2.38. The number of para-hydroxylation sites is 2. The first-order chi connectivity index (χ1) is 13.5. The second kappa shape index (κ2) is 8.56. The van der Waals surface area contributed by atoms with E-state index in [1.54, 1.807) is 25.2 Å². The van der Waals surface area contributed by atoms with Gasteiger partial charge < -0.3 is 10.1 Å². The molecule has 0 spiro atoms. The minimum atomic E-state index is -0.936. The Morgan fingerprint density at radius 1 is 1.04 bits per heavy atom. The summed E-state index contributed by atoms with van der Waals surface area (Å²) in [7, 11) is 1.65. The molecular formula is C21H23N3O4. The molecule has 28 heavy (non-hydrogen) atoms. The molecule has 0 aliphatic heterocycles. The van der Waals surface area contributed by atoms with E-state index in [9.17, 15) is 14.4 Å². The molecule has 0 saturated carbocycles. The third-order valence-electron chi connectivity index (χ3n) is 4.57. The second-order valence-corrected chi connectivity index (χ2v) is 6.58. The Morgan fingerprint density at radius 2 is 1.68 bits per heavy atom. The van der Waals surface area contributed by atoms with Crippen molar-refractivity contribution in [2.75, 3.05) is 6.54 Å². The molecular weight excluding hydrogens is 358 g/mol. The zero-order valence-electron chi connectivity index (χ0n) is 15.9. The zero-order valence-corrected chi connectivity index (χ0v) is 15.9. The van der Waals surface area contributed by atoms with Crippen LogP contribution in [0.5, 0.6) is 0 Å². The zero-order chi connectivity index (χ0) is 20.1. The number of aromatic nitrogens is 2. The lowest BCUT2D eigenvalue weighted by molar-refractivity contribution is -0.155. The number of imidazole rings is 1. The lowest BCUT2D eigenvalue weighted by atomic mass is 10.1. The fourth-order valence-electron chi connectivity index (χ4n) is 3.05. The van der Waals surface area contributed by atoms with E-state index in [1.165, 1.54) is 16.1 Å². The van der Waals surface area contributed by atoms with Gasteiger partial charge in [0.2, 0.25) is 0 Å². The number of carbonyl (C=O) groups is 2. The van der Waals surface area contributed by atoms with E-state index in [-0.39, 0.29) is 18.1 Å². The van der Waals surface area contributed by atoms with Crippen molar-refractivity contribution in [1.82, 2.24) is 14.5 Å². The minimum absolute atomic E-state index is 0.248. The first kappa shape index (κ1) is 19.4. The van der Waals surface area contributed by atoms with Gasteiger partial charge in [-0.05, 0) is 31.0 Å². The highest BCUT2D eigenvalue weighted by Gasteiger charge is 2.19. The van der Waals surface area contributed by atoms with Crippen molar-refractivity contribution >= 4 is 22.9 Å². The summed E-state index contributed by atoms with van der Waals surface area (Å²) in [6.07, 6.45) is -0.243. The topological polar surface area (TPSA) is 82.3 Å². The van der Waals surface area contributed by atoms with Crippen LogP contribution in [0.2, 0.25) is 0 Å². The summed E-state index contributed by atoms with van der Waals surface area (Å²) in [6, 6.07) is 17.0. The predicted molar refractivity (Wildman–Crippen MR) is 106 cm³/mol. The van der Waals surface area contributed by atoms with Crippen LogP contribution in [0.15, 0.2) is 59.4 Å². The maximum Gasteiger partial charge on any atom is 0.329 e. The molecule has 2 aromatic carbocycles. The highest BCUT2D eigenvalue weighted by molar-refractivity contribution is 5.84. The van der Waals surface area contributed by atoms with Crippen molar-refractivity contribution in [1.29, 1.82) is 0 Å². The highest BCUT2D eigenvalue weighted by atomic mass is 16.5. The van der Waals surface area contributed by atoms with E-state index in [1.807, 2.05) is 36.4 Å². The number of nitrogens with zero attached hydrogens (tertiary/aromatic N) is 2. The van der Waals surface area contributed by atoms with Gasteiger partial charge in [-0.25, -0.2) is 4.79 Å². The number of fused-ring (bicyclic) bond motifs is 1. The first-order valence-corrected chi connectivity index (χ1v) is 9.12. The average molecular weight is 381 g/mol. The Balaban J connectivity index is 1.55. The van der Waals surface area contributed by atoms with E-state index >= 15 is 0 Å². The SMILES string of the molecule is CC(OC(=O)Cn1c(=O)n(C)c2ccccc21)C(=O)NCCc1ccccc1. The number of hydrogen-bond acceptors (Lipinski definition) is 4. The van der Waals surface area contributed by atoms with Crippen molar-refractivity contribution in [3.8, 4) is 0 Å². The Hall–Kier alpha value is -3.35. The number of aryl methyl sites for hydroxylation is 1. The van der Waals surface area contributed by atoms with Gasteiger partial charge in [-0.15, -0.1) is 0 Å². The van der Waals surface area contributed by atoms with Gasteiger partial charge in [0.05, 0.1) is 11.0 Å². The smallest absolute Gasteiger partial charge is 0.329 e. The molecule has 0 fully saturated rings. The molecule has 1 unspecified atom stereocenters. The van der Waals surface area contributed by atoms with E-state index in [4.69, 9.17) is 4.74 Å². The molecule has 0 radical (unpaired) electrons. The summed E-state index contributed by atoms with van der Waals surface area (Å²) in [5, 5.41) is 2.76. The van der Waals surface area contributed by atoms with Crippen LogP contribution in [0.4, 0.5) is 0 Å². The quantitative estimate of drug-likeness (QED) is 0.631. The van der Waals surface area contributed by atoms with E-state index in [2.05, 4.69) is 5.32 Å². The molecule has 3 aromatic rings. The van der Waals surface area contributed by atoms with Crippen molar-refractivity contribution in [2.45, 2.75) is 26.0 Å². The van der Waals surface area contributed by atoms with Crippen LogP contribution in [0.1, 0.15) is 12.5 Å². The van der Waals surface area contributed by atoms with Crippen LogP contribution in [-0.4, -0.2) is 33.7 Å². The number of esters is 1. The second-order valence-electron chi connectivity index (χ2n) is 6.58. The molecule has 0 saturated heterocycles. The monoisotopic (exact) mass is 381 g/mol. The maximum absolute atomic E-state index is 12.4. The van der Waals surface area contributed by atoms with Gasteiger partial charge in [-0.2, -0.15) is 0 Å². The van der Waals surface area contributed by atoms with Crippen molar-refractivity contribution in [3.63, 3.8) is 0 Å². The van der Waals surface area contributed by atoms with Gasteiger partial charge in [0.25, 0.3) is 5.91 Å². The third kappa shape index (κ3) is 4.31.